The molecule has 1 N–H and O–H groups in total. The van der Waals surface area contributed by atoms with Crippen LogP contribution >= 0.6 is 0 Å². The highest BCUT2D eigenvalue weighted by Crippen LogP contribution is 2.21. The lowest BCUT2D eigenvalue weighted by Crippen LogP contribution is -2.30. The SMILES string of the molecule is COc1cc(CNc2cc(N3CCCCC3)ncn2)ccc1C. The third-order valence-corrected chi connectivity index (χ3v) is 4.28. The molecule has 1 aliphatic heterocycles. The average Bonchev–Trinajstić information content (AvgIpc) is 2.62. The van der Waals surface area contributed by atoms with Crippen molar-refractivity contribution >= 4 is 11.6 Å². The number of hydrogen-bond donors (Lipinski definition) is 1. The number of piperidine rings is 1. The number of nitrogens with one attached hydrogen (secondary N) is 1. The van der Waals surface area contributed by atoms with Gasteiger partial charge in [0.05, 0.1) is 7.11 Å². The fourth-order valence-corrected chi connectivity index (χ4v) is 2.91. The van der Waals surface area contributed by atoms with E-state index in [1.165, 1.54) is 24.8 Å². The lowest BCUT2D eigenvalue weighted by molar-refractivity contribution is 0.411. The number of aryl methyl sites for hydroxylation is 1. The van der Waals surface area contributed by atoms with Gasteiger partial charge in [0.25, 0.3) is 0 Å². The van der Waals surface area contributed by atoms with E-state index in [0.29, 0.717) is 6.54 Å². The van der Waals surface area contributed by atoms with E-state index in [1.54, 1.807) is 13.4 Å². The van der Waals surface area contributed by atoms with Gasteiger partial charge in [0.15, 0.2) is 0 Å². The molecular weight excluding hydrogens is 288 g/mol. The Hall–Kier alpha value is -2.30. The summed E-state index contributed by atoms with van der Waals surface area (Å²) in [6.45, 7) is 4.94. The quantitative estimate of drug-likeness (QED) is 0.917. The van der Waals surface area contributed by atoms with Gasteiger partial charge in [-0.2, -0.15) is 0 Å². The molecule has 2 aromatic rings. The van der Waals surface area contributed by atoms with Crippen molar-refractivity contribution in [1.82, 2.24) is 9.97 Å². The molecule has 3 rings (SSSR count). The standard InChI is InChI=1S/C18H24N4O/c1-14-6-7-15(10-16(14)23-2)12-19-17-11-18(21-13-20-17)22-8-4-3-5-9-22/h6-7,10-11,13H,3-5,8-9,12H2,1-2H3,(H,19,20,21). The van der Waals surface area contributed by atoms with E-state index in [1.807, 2.05) is 13.0 Å². The van der Waals surface area contributed by atoms with Crippen LogP contribution in [0.2, 0.25) is 0 Å². The smallest absolute Gasteiger partial charge is 0.134 e. The molecule has 1 aromatic heterocycles. The number of benzene rings is 1. The van der Waals surface area contributed by atoms with Gasteiger partial charge in [-0.25, -0.2) is 9.97 Å². The number of ether oxygens (including phenoxy) is 1. The Kier molecular flexibility index (Phi) is 4.95. The molecule has 5 heteroatoms. The maximum atomic E-state index is 5.38. The van der Waals surface area contributed by atoms with Crippen molar-refractivity contribution in [2.45, 2.75) is 32.7 Å². The lowest BCUT2D eigenvalue weighted by atomic mass is 10.1. The van der Waals surface area contributed by atoms with Gasteiger partial charge in [0, 0.05) is 25.7 Å². The van der Waals surface area contributed by atoms with Gasteiger partial charge in [-0.05, 0) is 43.4 Å². The highest BCUT2D eigenvalue weighted by atomic mass is 16.5. The average molecular weight is 312 g/mol. The van der Waals surface area contributed by atoms with Crippen LogP contribution in [-0.2, 0) is 6.54 Å². The van der Waals surface area contributed by atoms with Crippen molar-refractivity contribution < 1.29 is 4.74 Å². The number of aromatic nitrogens is 2. The molecule has 0 unspecified atom stereocenters. The summed E-state index contributed by atoms with van der Waals surface area (Å²) in [6.07, 6.45) is 5.45. The predicted molar refractivity (Wildman–Crippen MR) is 93.2 cm³/mol. The van der Waals surface area contributed by atoms with Crippen LogP contribution < -0.4 is 15.0 Å². The largest absolute Gasteiger partial charge is 0.496 e. The van der Waals surface area contributed by atoms with Crippen LogP contribution in [0.15, 0.2) is 30.6 Å². The van der Waals surface area contributed by atoms with E-state index in [-0.39, 0.29) is 0 Å². The van der Waals surface area contributed by atoms with Crippen molar-refractivity contribution in [3.8, 4) is 5.75 Å². The molecule has 2 heterocycles. The summed E-state index contributed by atoms with van der Waals surface area (Å²) in [5, 5.41) is 3.38. The minimum atomic E-state index is 0.715. The maximum absolute atomic E-state index is 5.38. The Morgan fingerprint density at radius 3 is 2.74 bits per heavy atom. The van der Waals surface area contributed by atoms with Crippen LogP contribution in [0.4, 0.5) is 11.6 Å². The Bertz CT molecular complexity index is 653. The molecule has 0 radical (unpaired) electrons. The molecule has 5 nitrogen and oxygen atoms in total. The van der Waals surface area contributed by atoms with Gasteiger partial charge in [0.1, 0.15) is 23.7 Å². The molecule has 122 valence electrons. The molecule has 1 fully saturated rings. The zero-order valence-electron chi connectivity index (χ0n) is 13.9. The molecule has 0 bridgehead atoms. The molecule has 0 aliphatic carbocycles. The number of nitrogens with zero attached hydrogens (tertiary/aromatic N) is 3. The van der Waals surface area contributed by atoms with E-state index >= 15 is 0 Å². The maximum Gasteiger partial charge on any atom is 0.134 e. The van der Waals surface area contributed by atoms with Crippen molar-refractivity contribution in [2.75, 3.05) is 30.4 Å². The normalized spacial score (nSPS) is 14.6. The number of anilines is 2. The first-order valence-electron chi connectivity index (χ1n) is 8.20. The Labute approximate surface area is 137 Å². The van der Waals surface area contributed by atoms with Gasteiger partial charge in [-0.1, -0.05) is 12.1 Å². The van der Waals surface area contributed by atoms with Gasteiger partial charge in [-0.15, -0.1) is 0 Å². The van der Waals surface area contributed by atoms with Gasteiger partial charge >= 0.3 is 0 Å². The second-order valence-electron chi connectivity index (χ2n) is 5.97. The van der Waals surface area contributed by atoms with Crippen LogP contribution in [0.5, 0.6) is 5.75 Å². The molecule has 0 amide bonds. The molecule has 23 heavy (non-hydrogen) atoms. The Morgan fingerprint density at radius 2 is 1.96 bits per heavy atom. The number of hydrogen-bond acceptors (Lipinski definition) is 5. The van der Waals surface area contributed by atoms with Crippen LogP contribution in [-0.4, -0.2) is 30.2 Å². The second kappa shape index (κ2) is 7.31. The molecule has 1 aliphatic rings. The summed E-state index contributed by atoms with van der Waals surface area (Å²) in [5.41, 5.74) is 2.32. The fourth-order valence-electron chi connectivity index (χ4n) is 2.91. The predicted octanol–water partition coefficient (Wildman–Crippen LogP) is 3.40. The van der Waals surface area contributed by atoms with Crippen LogP contribution in [0.1, 0.15) is 30.4 Å². The minimum absolute atomic E-state index is 0.715. The summed E-state index contributed by atoms with van der Waals surface area (Å²) in [7, 11) is 1.70. The lowest BCUT2D eigenvalue weighted by Gasteiger charge is -2.27. The highest BCUT2D eigenvalue weighted by molar-refractivity contribution is 5.49. The van der Waals surface area contributed by atoms with Crippen LogP contribution in [0.3, 0.4) is 0 Å². The van der Waals surface area contributed by atoms with E-state index in [4.69, 9.17) is 4.74 Å². The first-order chi connectivity index (χ1) is 11.3. The summed E-state index contributed by atoms with van der Waals surface area (Å²) in [6, 6.07) is 8.29. The first kappa shape index (κ1) is 15.6. The highest BCUT2D eigenvalue weighted by Gasteiger charge is 2.12. The summed E-state index contributed by atoms with van der Waals surface area (Å²) in [5.74, 6) is 2.80. The summed E-state index contributed by atoms with van der Waals surface area (Å²) in [4.78, 5) is 11.1. The third kappa shape index (κ3) is 3.92. The zero-order chi connectivity index (χ0) is 16.1. The van der Waals surface area contributed by atoms with E-state index < -0.39 is 0 Å². The first-order valence-corrected chi connectivity index (χ1v) is 8.20. The van der Waals surface area contributed by atoms with Crippen LogP contribution in [0, 0.1) is 6.92 Å². The molecule has 1 aromatic carbocycles. The number of methoxy groups -OCH3 is 1. The molecule has 0 spiro atoms. The Balaban J connectivity index is 1.66. The number of rotatable bonds is 5. The van der Waals surface area contributed by atoms with E-state index in [0.717, 1.165) is 36.0 Å². The summed E-state index contributed by atoms with van der Waals surface area (Å²) < 4.78 is 5.38. The Morgan fingerprint density at radius 1 is 1.13 bits per heavy atom. The topological polar surface area (TPSA) is 50.3 Å². The molecular formula is C18H24N4O. The molecule has 0 saturated carbocycles. The van der Waals surface area contributed by atoms with Crippen molar-refractivity contribution in [1.29, 1.82) is 0 Å². The van der Waals surface area contributed by atoms with Gasteiger partial charge < -0.3 is 15.0 Å². The zero-order valence-corrected chi connectivity index (χ0v) is 13.9. The molecule has 0 atom stereocenters. The van der Waals surface area contributed by atoms with Crippen molar-refractivity contribution in [3.05, 3.63) is 41.7 Å². The van der Waals surface area contributed by atoms with E-state index in [9.17, 15) is 0 Å². The van der Waals surface area contributed by atoms with Gasteiger partial charge in [-0.3, -0.25) is 0 Å². The van der Waals surface area contributed by atoms with Crippen molar-refractivity contribution in [2.24, 2.45) is 0 Å². The molecule has 1 saturated heterocycles. The second-order valence-corrected chi connectivity index (χ2v) is 5.97. The van der Waals surface area contributed by atoms with Gasteiger partial charge in [0.2, 0.25) is 0 Å². The minimum Gasteiger partial charge on any atom is -0.496 e. The third-order valence-electron chi connectivity index (χ3n) is 4.28. The van der Waals surface area contributed by atoms with E-state index in [2.05, 4.69) is 38.4 Å². The van der Waals surface area contributed by atoms with Crippen LogP contribution in [0.25, 0.3) is 0 Å². The van der Waals surface area contributed by atoms with Crippen molar-refractivity contribution in [3.63, 3.8) is 0 Å². The summed E-state index contributed by atoms with van der Waals surface area (Å²) >= 11 is 0. The fraction of sp³-hybridized carbons (Fsp3) is 0.444. The monoisotopic (exact) mass is 312 g/mol.